The Morgan fingerprint density at radius 3 is 2.43 bits per heavy atom. The molecule has 1 rings (SSSR count). The van der Waals surface area contributed by atoms with Crippen LogP contribution in [0.25, 0.3) is 0 Å². The maximum atomic E-state index is 5.99. The van der Waals surface area contributed by atoms with Crippen molar-refractivity contribution < 1.29 is 4.74 Å². The summed E-state index contributed by atoms with van der Waals surface area (Å²) in [5, 5.41) is 0. The molecule has 0 radical (unpaired) electrons. The summed E-state index contributed by atoms with van der Waals surface area (Å²) in [4.78, 5) is 0. The Hall–Kier alpha value is -1.28. The average Bonchev–Trinajstić information content (AvgIpc) is 2.17. The van der Waals surface area contributed by atoms with Crippen molar-refractivity contribution in [3.05, 3.63) is 42.0 Å². The molecule has 0 aliphatic carbocycles. The minimum atomic E-state index is 0.0402. The zero-order chi connectivity index (χ0) is 10.6. The molecule has 0 fully saturated rings. The zero-order valence-corrected chi connectivity index (χ0v) is 8.79. The summed E-state index contributed by atoms with van der Waals surface area (Å²) >= 11 is 0. The van der Waals surface area contributed by atoms with Crippen LogP contribution < -0.4 is 10.5 Å². The van der Waals surface area contributed by atoms with E-state index in [4.69, 9.17) is 10.5 Å². The van der Waals surface area contributed by atoms with Crippen molar-refractivity contribution in [3.63, 3.8) is 0 Å². The Kier molecular flexibility index (Phi) is 3.72. The van der Waals surface area contributed by atoms with E-state index in [-0.39, 0.29) is 6.04 Å². The molecule has 1 aromatic carbocycles. The molecule has 0 saturated heterocycles. The summed E-state index contributed by atoms with van der Waals surface area (Å²) < 4.78 is 5.07. The molecule has 0 amide bonds. The van der Waals surface area contributed by atoms with E-state index in [2.05, 4.69) is 6.58 Å². The maximum Gasteiger partial charge on any atom is 0.118 e. The van der Waals surface area contributed by atoms with E-state index in [1.807, 2.05) is 31.2 Å². The van der Waals surface area contributed by atoms with Crippen molar-refractivity contribution in [1.29, 1.82) is 0 Å². The predicted molar refractivity (Wildman–Crippen MR) is 59.4 cm³/mol. The SMILES string of the molecule is C=C(C)C[C@@H](N)c1ccc(OC)cc1. The molecular formula is C12H17NO. The van der Waals surface area contributed by atoms with Gasteiger partial charge in [0.15, 0.2) is 0 Å². The molecule has 0 heterocycles. The number of hydrogen-bond donors (Lipinski definition) is 1. The topological polar surface area (TPSA) is 35.2 Å². The Labute approximate surface area is 85.4 Å². The fraction of sp³-hybridized carbons (Fsp3) is 0.333. The second-order valence-electron chi connectivity index (χ2n) is 3.54. The van der Waals surface area contributed by atoms with E-state index in [0.29, 0.717) is 0 Å². The van der Waals surface area contributed by atoms with Gasteiger partial charge >= 0.3 is 0 Å². The molecular weight excluding hydrogens is 174 g/mol. The van der Waals surface area contributed by atoms with E-state index >= 15 is 0 Å². The van der Waals surface area contributed by atoms with Crippen molar-refractivity contribution in [1.82, 2.24) is 0 Å². The van der Waals surface area contributed by atoms with Gasteiger partial charge < -0.3 is 10.5 Å². The van der Waals surface area contributed by atoms with Crippen LogP contribution in [0.3, 0.4) is 0 Å². The molecule has 0 bridgehead atoms. The van der Waals surface area contributed by atoms with Crippen LogP contribution in [-0.2, 0) is 0 Å². The van der Waals surface area contributed by atoms with E-state index in [9.17, 15) is 0 Å². The van der Waals surface area contributed by atoms with Crippen LogP contribution in [0, 0.1) is 0 Å². The van der Waals surface area contributed by atoms with Gasteiger partial charge in [0, 0.05) is 6.04 Å². The smallest absolute Gasteiger partial charge is 0.118 e. The van der Waals surface area contributed by atoms with Crippen LogP contribution in [-0.4, -0.2) is 7.11 Å². The molecule has 2 N–H and O–H groups in total. The fourth-order valence-corrected chi connectivity index (χ4v) is 1.34. The van der Waals surface area contributed by atoms with Gasteiger partial charge in [-0.2, -0.15) is 0 Å². The Balaban J connectivity index is 2.71. The van der Waals surface area contributed by atoms with Crippen molar-refractivity contribution in [2.24, 2.45) is 5.73 Å². The lowest BCUT2D eigenvalue weighted by Crippen LogP contribution is -2.10. The summed E-state index contributed by atoms with van der Waals surface area (Å²) in [5.74, 6) is 0.858. The number of ether oxygens (including phenoxy) is 1. The van der Waals surface area contributed by atoms with Gasteiger partial charge in [0.25, 0.3) is 0 Å². The Morgan fingerprint density at radius 1 is 1.43 bits per heavy atom. The summed E-state index contributed by atoms with van der Waals surface area (Å²) in [6.07, 6.45) is 0.826. The number of rotatable bonds is 4. The molecule has 0 unspecified atom stereocenters. The maximum absolute atomic E-state index is 5.99. The molecule has 0 aliphatic rings. The third-order valence-electron chi connectivity index (χ3n) is 2.11. The van der Waals surface area contributed by atoms with Crippen molar-refractivity contribution in [2.45, 2.75) is 19.4 Å². The highest BCUT2D eigenvalue weighted by Crippen LogP contribution is 2.20. The quantitative estimate of drug-likeness (QED) is 0.742. The minimum Gasteiger partial charge on any atom is -0.497 e. The minimum absolute atomic E-state index is 0.0402. The van der Waals surface area contributed by atoms with Crippen molar-refractivity contribution >= 4 is 0 Å². The van der Waals surface area contributed by atoms with Crippen LogP contribution in [0.15, 0.2) is 36.4 Å². The molecule has 1 atom stereocenters. The lowest BCUT2D eigenvalue weighted by molar-refractivity contribution is 0.414. The third-order valence-corrected chi connectivity index (χ3v) is 2.11. The average molecular weight is 191 g/mol. The second-order valence-corrected chi connectivity index (χ2v) is 3.54. The molecule has 14 heavy (non-hydrogen) atoms. The van der Waals surface area contributed by atoms with Gasteiger partial charge in [0.05, 0.1) is 7.11 Å². The summed E-state index contributed by atoms with van der Waals surface area (Å²) in [6, 6.07) is 7.87. The van der Waals surface area contributed by atoms with Crippen LogP contribution in [0.2, 0.25) is 0 Å². The van der Waals surface area contributed by atoms with E-state index in [1.165, 1.54) is 0 Å². The van der Waals surface area contributed by atoms with Crippen LogP contribution in [0.4, 0.5) is 0 Å². The van der Waals surface area contributed by atoms with Gasteiger partial charge in [-0.15, -0.1) is 6.58 Å². The molecule has 1 aromatic rings. The molecule has 0 aromatic heterocycles. The summed E-state index contributed by atoms with van der Waals surface area (Å²) in [5.41, 5.74) is 8.21. The molecule has 76 valence electrons. The predicted octanol–water partition coefficient (Wildman–Crippen LogP) is 2.66. The van der Waals surface area contributed by atoms with Gasteiger partial charge in [0.2, 0.25) is 0 Å². The number of nitrogens with two attached hydrogens (primary N) is 1. The Bertz CT molecular complexity index is 303. The van der Waals surface area contributed by atoms with E-state index in [1.54, 1.807) is 7.11 Å². The first-order valence-electron chi connectivity index (χ1n) is 4.67. The fourth-order valence-electron chi connectivity index (χ4n) is 1.34. The van der Waals surface area contributed by atoms with Crippen LogP contribution in [0.1, 0.15) is 24.9 Å². The largest absolute Gasteiger partial charge is 0.497 e. The first-order chi connectivity index (χ1) is 6.63. The lowest BCUT2D eigenvalue weighted by atomic mass is 10.0. The standard InChI is InChI=1S/C12H17NO/c1-9(2)8-12(13)10-4-6-11(14-3)7-5-10/h4-7,12H,1,8,13H2,2-3H3/t12-/m1/s1. The molecule has 0 saturated carbocycles. The van der Waals surface area contributed by atoms with Gasteiger partial charge in [-0.3, -0.25) is 0 Å². The number of methoxy groups -OCH3 is 1. The molecule has 2 nitrogen and oxygen atoms in total. The highest BCUT2D eigenvalue weighted by Gasteiger charge is 2.05. The number of benzene rings is 1. The highest BCUT2D eigenvalue weighted by atomic mass is 16.5. The lowest BCUT2D eigenvalue weighted by Gasteiger charge is -2.12. The summed E-state index contributed by atoms with van der Waals surface area (Å²) in [7, 11) is 1.66. The third kappa shape index (κ3) is 2.89. The van der Waals surface area contributed by atoms with Gasteiger partial charge in [0.1, 0.15) is 5.75 Å². The van der Waals surface area contributed by atoms with E-state index in [0.717, 1.165) is 23.3 Å². The van der Waals surface area contributed by atoms with Gasteiger partial charge in [-0.05, 0) is 31.0 Å². The first kappa shape index (κ1) is 10.8. The first-order valence-corrected chi connectivity index (χ1v) is 4.67. The monoisotopic (exact) mass is 191 g/mol. The van der Waals surface area contributed by atoms with E-state index < -0.39 is 0 Å². The van der Waals surface area contributed by atoms with Gasteiger partial charge in [-0.1, -0.05) is 17.7 Å². The number of hydrogen-bond acceptors (Lipinski definition) is 2. The highest BCUT2D eigenvalue weighted by molar-refractivity contribution is 5.29. The van der Waals surface area contributed by atoms with Crippen molar-refractivity contribution in [3.8, 4) is 5.75 Å². The van der Waals surface area contributed by atoms with Gasteiger partial charge in [-0.25, -0.2) is 0 Å². The normalized spacial score (nSPS) is 12.2. The van der Waals surface area contributed by atoms with Crippen molar-refractivity contribution in [2.75, 3.05) is 7.11 Å². The summed E-state index contributed by atoms with van der Waals surface area (Å²) in [6.45, 7) is 5.84. The molecule has 0 aliphatic heterocycles. The van der Waals surface area contributed by atoms with Crippen LogP contribution in [0.5, 0.6) is 5.75 Å². The van der Waals surface area contributed by atoms with Crippen LogP contribution >= 0.6 is 0 Å². The molecule has 2 heteroatoms. The Morgan fingerprint density at radius 2 is 2.00 bits per heavy atom. The molecule has 0 spiro atoms. The second kappa shape index (κ2) is 4.82. The zero-order valence-electron chi connectivity index (χ0n) is 8.79.